The Morgan fingerprint density at radius 3 is 0.804 bits per heavy atom. The first-order valence-corrected chi connectivity index (χ1v) is 16.1. The Morgan fingerprint density at radius 2 is 0.588 bits per heavy atom. The number of ether oxygens (including phenoxy) is 6. The summed E-state index contributed by atoms with van der Waals surface area (Å²) >= 11 is 0. The van der Waals surface area contributed by atoms with Crippen molar-refractivity contribution in [3.8, 4) is 34.5 Å². The molecule has 0 fully saturated rings. The molecule has 4 rings (SSSR count). The van der Waals surface area contributed by atoms with Gasteiger partial charge in [0.1, 0.15) is 52.0 Å². The van der Waals surface area contributed by atoms with Crippen LogP contribution in [0.5, 0.6) is 34.5 Å². The van der Waals surface area contributed by atoms with Gasteiger partial charge in [-0.1, -0.05) is 0 Å². The molecule has 0 amide bonds. The summed E-state index contributed by atoms with van der Waals surface area (Å²) in [5.74, 6) is 3.32. The molecule has 0 spiro atoms. The van der Waals surface area contributed by atoms with Crippen molar-refractivity contribution < 1.29 is 44.0 Å². The molecule has 0 radical (unpaired) electrons. The van der Waals surface area contributed by atoms with E-state index in [1.54, 1.807) is 91.0 Å². The average molecular weight is 703 g/mol. The Morgan fingerprint density at radius 1 is 0.373 bits per heavy atom. The lowest BCUT2D eigenvalue weighted by molar-refractivity contribution is 0.232. The van der Waals surface area contributed by atoms with Crippen LogP contribution in [0.4, 0.5) is 0 Å². The molecule has 15 heteroatoms. The maximum absolute atomic E-state index is 8.88. The lowest BCUT2D eigenvalue weighted by Gasteiger charge is -2.14. The first-order valence-electron chi connectivity index (χ1n) is 16.1. The number of amidine groups is 3. The van der Waals surface area contributed by atoms with E-state index in [2.05, 4.69) is 0 Å². The zero-order valence-corrected chi connectivity index (χ0v) is 27.8. The predicted molar refractivity (Wildman–Crippen MR) is 188 cm³/mol. The largest absolute Gasteiger partial charge is 0.493 e. The fourth-order valence-electron chi connectivity index (χ4n) is 4.46. The third-order valence-corrected chi connectivity index (χ3v) is 7.10. The summed E-state index contributed by atoms with van der Waals surface area (Å²) < 4.78 is 35.3. The van der Waals surface area contributed by atoms with Crippen molar-refractivity contribution in [3.63, 3.8) is 0 Å². The second kappa shape index (κ2) is 20.5. The second-order valence-corrected chi connectivity index (χ2v) is 10.8. The molecular weight excluding hydrogens is 660 g/mol. The number of nitrogens with one attached hydrogen (secondary N) is 6. The molecule has 0 saturated carbocycles. The monoisotopic (exact) mass is 702 g/mol. The summed E-state index contributed by atoms with van der Waals surface area (Å²) in [4.78, 5) is 0. The first kappa shape index (κ1) is 37.8. The van der Waals surface area contributed by atoms with Crippen molar-refractivity contribution in [2.75, 3.05) is 39.6 Å². The van der Waals surface area contributed by atoms with Gasteiger partial charge < -0.3 is 28.4 Å². The van der Waals surface area contributed by atoms with E-state index in [9.17, 15) is 0 Å². The van der Waals surface area contributed by atoms with Gasteiger partial charge in [-0.15, -0.1) is 0 Å². The van der Waals surface area contributed by atoms with Gasteiger partial charge in [0.2, 0.25) is 0 Å². The van der Waals surface area contributed by atoms with Gasteiger partial charge in [0.15, 0.2) is 0 Å². The standard InChI is InChI=1S/C36H42N6O9/c37-34(40-43)25-4-10-28(11-5-25)46-16-1-19-49-31-22-32(50-20-2-17-47-29-12-6-26(7-13-29)35(38)41-44)24-33(23-31)51-21-3-18-48-30-14-8-27(9-15-30)36(39)42-45/h4-15,22-24,43-45H,1-3,16-21H2,(H2,37,40)(H2,38,41)(H2,39,42). The summed E-state index contributed by atoms with van der Waals surface area (Å²) in [6.45, 7) is 2.34. The Balaban J connectivity index is 1.25. The summed E-state index contributed by atoms with van der Waals surface area (Å²) in [6, 6.07) is 25.8. The number of benzene rings is 4. The highest BCUT2D eigenvalue weighted by atomic mass is 16.5. The number of hydrogen-bond acceptors (Lipinski definition) is 12. The normalized spacial score (nSPS) is 10.4. The Bertz CT molecular complexity index is 1480. The van der Waals surface area contributed by atoms with E-state index < -0.39 is 0 Å². The molecule has 15 nitrogen and oxygen atoms in total. The zero-order chi connectivity index (χ0) is 36.3. The quantitative estimate of drug-likeness (QED) is 0.0238. The van der Waals surface area contributed by atoms with Crippen molar-refractivity contribution in [1.29, 1.82) is 16.2 Å². The van der Waals surface area contributed by atoms with E-state index in [1.807, 2.05) is 16.4 Å². The Hall–Kier alpha value is -6.03. The summed E-state index contributed by atoms with van der Waals surface area (Å²) in [6.07, 6.45) is 1.80. The molecule has 51 heavy (non-hydrogen) atoms. The lowest BCUT2D eigenvalue weighted by Crippen LogP contribution is -2.18. The minimum absolute atomic E-state index is 0.101. The van der Waals surface area contributed by atoms with E-state index in [0.717, 1.165) is 0 Å². The molecular formula is C36H42N6O9. The van der Waals surface area contributed by atoms with Gasteiger partial charge in [-0.2, -0.15) is 0 Å². The van der Waals surface area contributed by atoms with Crippen LogP contribution in [0, 0.1) is 16.2 Å². The molecule has 0 heterocycles. The molecule has 0 bridgehead atoms. The highest BCUT2D eigenvalue weighted by Gasteiger charge is 2.08. The van der Waals surface area contributed by atoms with Crippen LogP contribution in [0.25, 0.3) is 0 Å². The van der Waals surface area contributed by atoms with Crippen molar-refractivity contribution in [2.24, 2.45) is 0 Å². The van der Waals surface area contributed by atoms with Crippen molar-refractivity contribution >= 4 is 17.5 Å². The fraction of sp³-hybridized carbons (Fsp3) is 0.250. The molecule has 4 aromatic carbocycles. The Kier molecular flexibility index (Phi) is 15.2. The van der Waals surface area contributed by atoms with Crippen LogP contribution >= 0.6 is 0 Å². The van der Waals surface area contributed by atoms with Gasteiger partial charge in [0.25, 0.3) is 0 Å². The van der Waals surface area contributed by atoms with Gasteiger partial charge in [-0.25, -0.2) is 0 Å². The topological polar surface area (TPSA) is 224 Å². The van der Waals surface area contributed by atoms with Crippen molar-refractivity contribution in [2.45, 2.75) is 19.3 Å². The molecule has 0 atom stereocenters. The van der Waals surface area contributed by atoms with Crippen LogP contribution in [0.1, 0.15) is 36.0 Å². The molecule has 4 aromatic rings. The zero-order valence-electron chi connectivity index (χ0n) is 27.8. The highest BCUT2D eigenvalue weighted by molar-refractivity contribution is 5.96. The molecule has 0 aliphatic rings. The highest BCUT2D eigenvalue weighted by Crippen LogP contribution is 2.28. The van der Waals surface area contributed by atoms with Crippen molar-refractivity contribution in [3.05, 3.63) is 108 Å². The van der Waals surface area contributed by atoms with Crippen LogP contribution in [0.15, 0.2) is 91.0 Å². The van der Waals surface area contributed by atoms with E-state index in [1.165, 1.54) is 0 Å². The van der Waals surface area contributed by atoms with Crippen molar-refractivity contribution in [1.82, 2.24) is 16.4 Å². The van der Waals surface area contributed by atoms with Gasteiger partial charge in [0, 0.05) is 54.2 Å². The maximum Gasteiger partial charge on any atom is 0.149 e. The van der Waals surface area contributed by atoms with Crippen LogP contribution in [-0.4, -0.2) is 72.8 Å². The smallest absolute Gasteiger partial charge is 0.149 e. The van der Waals surface area contributed by atoms with Gasteiger partial charge >= 0.3 is 0 Å². The molecule has 0 saturated heterocycles. The Labute approximate surface area is 295 Å². The van der Waals surface area contributed by atoms with Crippen LogP contribution < -0.4 is 44.9 Å². The number of rotatable bonds is 21. The van der Waals surface area contributed by atoms with Crippen LogP contribution in [-0.2, 0) is 0 Å². The molecule has 270 valence electrons. The third-order valence-electron chi connectivity index (χ3n) is 7.10. The lowest BCUT2D eigenvalue weighted by atomic mass is 10.2. The van der Waals surface area contributed by atoms with Gasteiger partial charge in [-0.3, -0.25) is 48.3 Å². The molecule has 0 aliphatic carbocycles. The predicted octanol–water partition coefficient (Wildman–Crippen LogP) is 5.14. The molecule has 9 N–H and O–H groups in total. The van der Waals surface area contributed by atoms with Crippen LogP contribution in [0.2, 0.25) is 0 Å². The maximum atomic E-state index is 8.88. The number of hydroxylamine groups is 3. The van der Waals surface area contributed by atoms with Gasteiger partial charge in [0.05, 0.1) is 39.6 Å². The minimum Gasteiger partial charge on any atom is -0.493 e. The summed E-state index contributed by atoms with van der Waals surface area (Å²) in [7, 11) is 0. The van der Waals surface area contributed by atoms with Crippen LogP contribution in [0.3, 0.4) is 0 Å². The van der Waals surface area contributed by atoms with E-state index in [-0.39, 0.29) is 17.5 Å². The van der Waals surface area contributed by atoms with Gasteiger partial charge in [-0.05, 0) is 72.8 Å². The summed E-state index contributed by atoms with van der Waals surface area (Å²) in [5, 5.41) is 49.4. The molecule has 0 aliphatic heterocycles. The van der Waals surface area contributed by atoms with E-state index in [0.29, 0.717) is 110 Å². The summed E-state index contributed by atoms with van der Waals surface area (Å²) in [5.41, 5.74) is 7.03. The molecule has 0 unspecified atom stereocenters. The average Bonchev–Trinajstić information content (AvgIpc) is 3.17. The first-order chi connectivity index (χ1) is 24.9. The number of hydrogen-bond donors (Lipinski definition) is 9. The third kappa shape index (κ3) is 12.7. The second-order valence-electron chi connectivity index (χ2n) is 10.8. The fourth-order valence-corrected chi connectivity index (χ4v) is 4.46. The molecule has 0 aromatic heterocycles. The minimum atomic E-state index is -0.101. The SMILES string of the molecule is N=C(NO)c1ccc(OCCCOc2cc(OCCCOc3ccc(C(=N)NO)cc3)cc(OCCCOc3ccc(C(=N)NO)cc3)c2)cc1. The van der Waals surface area contributed by atoms with E-state index >= 15 is 0 Å². The van der Waals surface area contributed by atoms with E-state index in [4.69, 9.17) is 60.3 Å².